The number of ether oxygens (including phenoxy) is 1. The number of ketones is 1. The van der Waals surface area contributed by atoms with E-state index in [2.05, 4.69) is 38.9 Å². The Morgan fingerprint density at radius 1 is 1.14 bits per heavy atom. The summed E-state index contributed by atoms with van der Waals surface area (Å²) in [6.07, 6.45) is 1.07. The summed E-state index contributed by atoms with van der Waals surface area (Å²) in [5, 5.41) is 0. The number of carbonyl (C=O) groups is 2. The van der Waals surface area contributed by atoms with Crippen molar-refractivity contribution < 1.29 is 18.8 Å². The molecule has 0 saturated carbocycles. The van der Waals surface area contributed by atoms with Crippen molar-refractivity contribution in [2.45, 2.75) is 26.4 Å². The van der Waals surface area contributed by atoms with Gasteiger partial charge >= 0.3 is 6.09 Å². The molecule has 0 N–H and O–H groups in total. The second-order valence-corrected chi connectivity index (χ2v) is 8.78. The molecule has 0 saturated heterocycles. The summed E-state index contributed by atoms with van der Waals surface area (Å²) in [5.74, 6) is 6.37. The quantitative estimate of drug-likeness (QED) is 0.242. The first kappa shape index (κ1) is 23.1. The summed E-state index contributed by atoms with van der Waals surface area (Å²) in [5.41, 5.74) is 1.01. The van der Waals surface area contributed by atoms with Gasteiger partial charge in [-0.2, -0.15) is 0 Å². The summed E-state index contributed by atoms with van der Waals surface area (Å²) < 4.78 is 10.7. The third-order valence-electron chi connectivity index (χ3n) is 3.54. The van der Waals surface area contributed by atoms with Gasteiger partial charge in [0, 0.05) is 24.4 Å². The van der Waals surface area contributed by atoms with Gasteiger partial charge in [0.05, 0.1) is 6.54 Å². The van der Waals surface area contributed by atoms with E-state index in [4.69, 9.17) is 9.26 Å². The molecule has 0 aliphatic heterocycles. The van der Waals surface area contributed by atoms with Crippen LogP contribution in [0.2, 0.25) is 0 Å². The first-order valence-electron chi connectivity index (χ1n) is 8.76. The van der Waals surface area contributed by atoms with Gasteiger partial charge in [0.15, 0.2) is 5.78 Å². The van der Waals surface area contributed by atoms with E-state index in [1.54, 1.807) is 43.4 Å². The molecule has 1 aromatic carbocycles. The molecular formula is C21H22IN2O4P. The van der Waals surface area contributed by atoms with Crippen molar-refractivity contribution in [1.29, 1.82) is 0 Å². The summed E-state index contributed by atoms with van der Waals surface area (Å²) in [6.45, 7) is 5.97. The lowest BCUT2D eigenvalue weighted by Crippen LogP contribution is -2.34. The molecule has 2 aromatic rings. The van der Waals surface area contributed by atoms with Crippen LogP contribution in [0.1, 0.15) is 42.4 Å². The van der Waals surface area contributed by atoms with E-state index in [1.807, 2.05) is 20.8 Å². The van der Waals surface area contributed by atoms with Gasteiger partial charge in [-0.15, -0.1) is 0 Å². The lowest BCUT2D eigenvalue weighted by atomic mass is 10.0. The maximum Gasteiger partial charge on any atom is 0.410 e. The molecule has 8 heteroatoms. The fraction of sp³-hybridized carbons (Fsp3) is 0.286. The first-order chi connectivity index (χ1) is 13.7. The number of aromatic nitrogens is 1. The second-order valence-electron chi connectivity index (χ2n) is 7.10. The van der Waals surface area contributed by atoms with Crippen molar-refractivity contribution in [1.82, 2.24) is 9.88 Å². The molecule has 0 fully saturated rings. The van der Waals surface area contributed by atoms with Gasteiger partial charge in [-0.3, -0.25) is 4.79 Å². The van der Waals surface area contributed by atoms with Crippen LogP contribution in [0.3, 0.4) is 0 Å². The standard InChI is InChI=1S/C21H22IN2O4P/c1-21(2,3)27-20(26)24(4)13-5-6-17-10-7-16(14-23-17)19(25)15-8-11-18(12-9-15)28-29-22/h7-12,14,29H,13H2,1-4H3. The van der Waals surface area contributed by atoms with Crippen molar-refractivity contribution in [2.24, 2.45) is 0 Å². The molecule has 1 heterocycles. The zero-order valence-corrected chi connectivity index (χ0v) is 19.8. The number of carbonyl (C=O) groups excluding carboxylic acids is 2. The predicted molar refractivity (Wildman–Crippen MR) is 123 cm³/mol. The van der Waals surface area contributed by atoms with E-state index < -0.39 is 11.7 Å². The van der Waals surface area contributed by atoms with E-state index in [1.165, 1.54) is 11.1 Å². The molecule has 6 nitrogen and oxygen atoms in total. The Morgan fingerprint density at radius 3 is 2.34 bits per heavy atom. The van der Waals surface area contributed by atoms with Crippen LogP contribution in [-0.4, -0.2) is 41.0 Å². The molecule has 1 amide bonds. The van der Waals surface area contributed by atoms with Gasteiger partial charge in [0.1, 0.15) is 23.5 Å². The Bertz CT molecular complexity index is 913. The van der Waals surface area contributed by atoms with Crippen molar-refractivity contribution in [3.8, 4) is 17.6 Å². The van der Waals surface area contributed by atoms with Crippen LogP contribution in [0.5, 0.6) is 5.75 Å². The Balaban J connectivity index is 1.97. The highest BCUT2D eigenvalue weighted by molar-refractivity contribution is 14.2. The van der Waals surface area contributed by atoms with E-state index in [0.29, 0.717) is 23.3 Å². The van der Waals surface area contributed by atoms with Crippen LogP contribution in [0.4, 0.5) is 4.79 Å². The number of rotatable bonds is 5. The van der Waals surface area contributed by atoms with E-state index in [9.17, 15) is 9.59 Å². The lowest BCUT2D eigenvalue weighted by Gasteiger charge is -2.23. The zero-order valence-electron chi connectivity index (χ0n) is 16.7. The monoisotopic (exact) mass is 524 g/mol. The van der Waals surface area contributed by atoms with Crippen LogP contribution in [-0.2, 0) is 4.74 Å². The third kappa shape index (κ3) is 7.64. The number of hydrogen-bond acceptors (Lipinski definition) is 5. The highest BCUT2D eigenvalue weighted by Crippen LogP contribution is 2.27. The predicted octanol–water partition coefficient (Wildman–Crippen LogP) is 4.85. The molecule has 0 radical (unpaired) electrons. The minimum absolute atomic E-state index is 0.120. The van der Waals surface area contributed by atoms with Gasteiger partial charge < -0.3 is 14.2 Å². The molecule has 152 valence electrons. The van der Waals surface area contributed by atoms with Crippen molar-refractivity contribution in [3.63, 3.8) is 0 Å². The third-order valence-corrected chi connectivity index (χ3v) is 4.51. The van der Waals surface area contributed by atoms with Crippen LogP contribution in [0, 0.1) is 11.8 Å². The average molecular weight is 524 g/mol. The van der Waals surface area contributed by atoms with Crippen molar-refractivity contribution in [3.05, 3.63) is 59.4 Å². The molecule has 1 unspecified atom stereocenters. The Labute approximate surface area is 185 Å². The number of nitrogens with zero attached hydrogens (tertiary/aromatic N) is 2. The maximum atomic E-state index is 12.5. The smallest absolute Gasteiger partial charge is 0.410 e. The largest absolute Gasteiger partial charge is 0.467 e. The molecule has 2 rings (SSSR count). The maximum absolute atomic E-state index is 12.5. The highest BCUT2D eigenvalue weighted by Gasteiger charge is 2.18. The first-order valence-corrected chi connectivity index (χ1v) is 12.8. The van der Waals surface area contributed by atoms with Crippen LogP contribution in [0.15, 0.2) is 42.6 Å². The molecular weight excluding hydrogens is 502 g/mol. The number of amides is 1. The van der Waals surface area contributed by atoms with E-state index in [-0.39, 0.29) is 12.3 Å². The van der Waals surface area contributed by atoms with Crippen LogP contribution >= 0.6 is 28.5 Å². The topological polar surface area (TPSA) is 68.7 Å². The summed E-state index contributed by atoms with van der Waals surface area (Å²) in [4.78, 5) is 30.0. The molecule has 0 bridgehead atoms. The summed E-state index contributed by atoms with van der Waals surface area (Å²) in [6, 6.07) is 10.4. The van der Waals surface area contributed by atoms with Crippen LogP contribution < -0.4 is 4.52 Å². The van der Waals surface area contributed by atoms with E-state index in [0.717, 1.165) is 5.75 Å². The van der Waals surface area contributed by atoms with Crippen molar-refractivity contribution in [2.75, 3.05) is 13.6 Å². The number of benzene rings is 1. The fourth-order valence-electron chi connectivity index (χ4n) is 2.14. The summed E-state index contributed by atoms with van der Waals surface area (Å²) >= 11 is 2.14. The molecule has 1 atom stereocenters. The molecule has 0 aliphatic carbocycles. The van der Waals surface area contributed by atoms with Gasteiger partial charge in [0.2, 0.25) is 0 Å². The Morgan fingerprint density at radius 2 is 1.79 bits per heavy atom. The Kier molecular flexibility index (Phi) is 8.42. The second kappa shape index (κ2) is 10.6. The minimum atomic E-state index is -0.550. The van der Waals surface area contributed by atoms with Gasteiger partial charge in [0.25, 0.3) is 0 Å². The highest BCUT2D eigenvalue weighted by atomic mass is 127. The SMILES string of the molecule is CN(CC#Cc1ccc(C(=O)c2ccc(OPI)cc2)cn1)C(=O)OC(C)(C)C. The molecule has 1 aromatic heterocycles. The van der Waals surface area contributed by atoms with Crippen LogP contribution in [0.25, 0.3) is 0 Å². The fourth-order valence-corrected chi connectivity index (χ4v) is 3.13. The number of hydrogen-bond donors (Lipinski definition) is 0. The number of halogens is 1. The Hall–Kier alpha value is -2.17. The normalized spacial score (nSPS) is 10.9. The number of pyridine rings is 1. The van der Waals surface area contributed by atoms with Gasteiger partial charge in [-0.05, 0) is 85.1 Å². The molecule has 0 spiro atoms. The summed E-state index contributed by atoms with van der Waals surface area (Å²) in [7, 11) is 1.62. The zero-order chi connectivity index (χ0) is 21.4. The lowest BCUT2D eigenvalue weighted by molar-refractivity contribution is 0.0321. The van der Waals surface area contributed by atoms with Crippen molar-refractivity contribution >= 4 is 40.4 Å². The average Bonchev–Trinajstić information content (AvgIpc) is 2.67. The molecule has 29 heavy (non-hydrogen) atoms. The minimum Gasteiger partial charge on any atom is -0.467 e. The molecule has 0 aliphatic rings. The van der Waals surface area contributed by atoms with E-state index >= 15 is 0 Å². The van der Waals surface area contributed by atoms with Gasteiger partial charge in [-0.25, -0.2) is 9.78 Å². The van der Waals surface area contributed by atoms with Gasteiger partial charge in [-0.1, -0.05) is 5.92 Å².